The van der Waals surface area contributed by atoms with Crippen LogP contribution >= 0.6 is 0 Å². The van der Waals surface area contributed by atoms with Crippen LogP contribution in [0.5, 0.6) is 0 Å². The summed E-state index contributed by atoms with van der Waals surface area (Å²) in [4.78, 5) is 2.47. The van der Waals surface area contributed by atoms with Crippen molar-refractivity contribution in [2.45, 2.75) is 19.4 Å². The molecule has 3 rings (SSSR count). The SMILES string of the molecule is CCOC[C@@H]1CN(Cc2ccn[nH]2)C[C@H]1c1cnn(C)c1. The zero-order valence-electron chi connectivity index (χ0n) is 12.7. The number of hydrogen-bond acceptors (Lipinski definition) is 4. The summed E-state index contributed by atoms with van der Waals surface area (Å²) in [5.74, 6) is 1.02. The van der Waals surface area contributed by atoms with Gasteiger partial charge in [-0.2, -0.15) is 10.2 Å². The minimum atomic E-state index is 0.494. The summed E-state index contributed by atoms with van der Waals surface area (Å²) >= 11 is 0. The maximum Gasteiger partial charge on any atom is 0.0525 e. The zero-order chi connectivity index (χ0) is 14.7. The van der Waals surface area contributed by atoms with Crippen LogP contribution in [0, 0.1) is 5.92 Å². The molecule has 0 unspecified atom stereocenters. The van der Waals surface area contributed by atoms with Gasteiger partial charge in [-0.3, -0.25) is 14.7 Å². The van der Waals surface area contributed by atoms with Gasteiger partial charge in [0.1, 0.15) is 0 Å². The van der Waals surface area contributed by atoms with E-state index in [2.05, 4.69) is 33.3 Å². The fourth-order valence-electron chi connectivity index (χ4n) is 3.15. The van der Waals surface area contributed by atoms with Crippen LogP contribution < -0.4 is 0 Å². The van der Waals surface area contributed by atoms with Crippen molar-refractivity contribution in [2.75, 3.05) is 26.3 Å². The fourth-order valence-corrected chi connectivity index (χ4v) is 3.15. The summed E-state index contributed by atoms with van der Waals surface area (Å²) in [5.41, 5.74) is 2.48. The predicted molar refractivity (Wildman–Crippen MR) is 79.8 cm³/mol. The number of aryl methyl sites for hydroxylation is 1. The second-order valence-electron chi connectivity index (χ2n) is 5.75. The quantitative estimate of drug-likeness (QED) is 0.873. The van der Waals surface area contributed by atoms with E-state index < -0.39 is 0 Å². The Kier molecular flexibility index (Phi) is 4.36. The highest BCUT2D eigenvalue weighted by atomic mass is 16.5. The Morgan fingerprint density at radius 2 is 2.33 bits per heavy atom. The average molecular weight is 289 g/mol. The Labute approximate surface area is 125 Å². The zero-order valence-corrected chi connectivity index (χ0v) is 12.7. The van der Waals surface area contributed by atoms with Gasteiger partial charge < -0.3 is 4.74 Å². The van der Waals surface area contributed by atoms with Gasteiger partial charge in [-0.25, -0.2) is 0 Å². The van der Waals surface area contributed by atoms with Crippen LogP contribution in [-0.2, 0) is 18.3 Å². The molecule has 1 N–H and O–H groups in total. The van der Waals surface area contributed by atoms with Crippen molar-refractivity contribution in [3.05, 3.63) is 35.9 Å². The third-order valence-corrected chi connectivity index (χ3v) is 4.16. The molecule has 0 radical (unpaired) electrons. The smallest absolute Gasteiger partial charge is 0.0525 e. The molecule has 21 heavy (non-hydrogen) atoms. The topological polar surface area (TPSA) is 59.0 Å². The first-order valence-electron chi connectivity index (χ1n) is 7.53. The molecule has 1 saturated heterocycles. The Balaban J connectivity index is 1.70. The van der Waals surface area contributed by atoms with E-state index in [1.165, 1.54) is 5.56 Å². The van der Waals surface area contributed by atoms with Gasteiger partial charge in [-0.15, -0.1) is 0 Å². The van der Waals surface area contributed by atoms with Gasteiger partial charge in [-0.05, 0) is 18.6 Å². The monoisotopic (exact) mass is 289 g/mol. The first-order valence-corrected chi connectivity index (χ1v) is 7.53. The second-order valence-corrected chi connectivity index (χ2v) is 5.75. The third-order valence-electron chi connectivity index (χ3n) is 4.16. The van der Waals surface area contributed by atoms with E-state index in [1.54, 1.807) is 0 Å². The molecule has 1 aliphatic rings. The summed E-state index contributed by atoms with van der Waals surface area (Å²) in [6.07, 6.45) is 5.92. The van der Waals surface area contributed by atoms with Crippen molar-refractivity contribution in [1.29, 1.82) is 0 Å². The molecular formula is C15H23N5O. The summed E-state index contributed by atoms with van der Waals surface area (Å²) in [6, 6.07) is 2.04. The highest BCUT2D eigenvalue weighted by Gasteiger charge is 2.34. The van der Waals surface area contributed by atoms with Crippen LogP contribution in [0.2, 0.25) is 0 Å². The van der Waals surface area contributed by atoms with Crippen LogP contribution in [-0.4, -0.2) is 51.2 Å². The molecular weight excluding hydrogens is 266 g/mol. The van der Waals surface area contributed by atoms with Gasteiger partial charge in [0, 0.05) is 63.2 Å². The van der Waals surface area contributed by atoms with Crippen LogP contribution in [0.4, 0.5) is 0 Å². The van der Waals surface area contributed by atoms with Crippen molar-refractivity contribution in [3.63, 3.8) is 0 Å². The average Bonchev–Trinajstić information content (AvgIpc) is 3.18. The summed E-state index contributed by atoms with van der Waals surface area (Å²) in [5, 5.41) is 11.4. The largest absolute Gasteiger partial charge is 0.381 e. The molecule has 1 fully saturated rings. The molecule has 1 aliphatic heterocycles. The molecule has 0 spiro atoms. The van der Waals surface area contributed by atoms with Crippen LogP contribution in [0.15, 0.2) is 24.7 Å². The Morgan fingerprint density at radius 1 is 1.43 bits per heavy atom. The summed E-state index contributed by atoms with van der Waals surface area (Å²) < 4.78 is 7.57. The van der Waals surface area contributed by atoms with E-state index >= 15 is 0 Å². The summed E-state index contributed by atoms with van der Waals surface area (Å²) in [6.45, 7) is 6.66. The van der Waals surface area contributed by atoms with Gasteiger partial charge in [0.25, 0.3) is 0 Å². The molecule has 3 heterocycles. The van der Waals surface area contributed by atoms with E-state index in [0.29, 0.717) is 11.8 Å². The molecule has 2 aromatic heterocycles. The first-order chi connectivity index (χ1) is 10.3. The molecule has 0 saturated carbocycles. The third kappa shape index (κ3) is 3.33. The minimum Gasteiger partial charge on any atom is -0.381 e. The molecule has 0 aliphatic carbocycles. The lowest BCUT2D eigenvalue weighted by molar-refractivity contribution is 0.107. The van der Waals surface area contributed by atoms with E-state index in [1.807, 2.05) is 30.2 Å². The maximum atomic E-state index is 5.69. The molecule has 0 aromatic carbocycles. The lowest BCUT2D eigenvalue weighted by atomic mass is 9.92. The summed E-state index contributed by atoms with van der Waals surface area (Å²) in [7, 11) is 1.97. The maximum absolute atomic E-state index is 5.69. The molecule has 0 amide bonds. The Bertz CT molecular complexity index is 550. The standard InChI is InChI=1S/C15H23N5O/c1-3-21-11-13-8-20(9-14-4-5-16-18-14)10-15(13)12-6-17-19(2)7-12/h4-7,13,15H,3,8-11H2,1-2H3,(H,16,18)/t13-,15-/m0/s1. The van der Waals surface area contributed by atoms with Crippen molar-refractivity contribution in [2.24, 2.45) is 13.0 Å². The number of ether oxygens (including phenoxy) is 1. The first kappa shape index (κ1) is 14.3. The molecule has 2 aromatic rings. The molecule has 6 heteroatoms. The number of aromatic nitrogens is 4. The minimum absolute atomic E-state index is 0.494. The van der Waals surface area contributed by atoms with Gasteiger partial charge >= 0.3 is 0 Å². The van der Waals surface area contributed by atoms with Crippen molar-refractivity contribution < 1.29 is 4.74 Å². The number of H-pyrrole nitrogens is 1. The number of nitrogens with one attached hydrogen (secondary N) is 1. The van der Waals surface area contributed by atoms with Crippen molar-refractivity contribution in [1.82, 2.24) is 24.9 Å². The lowest BCUT2D eigenvalue weighted by Gasteiger charge is -2.16. The highest BCUT2D eigenvalue weighted by molar-refractivity contribution is 5.16. The molecule has 0 bridgehead atoms. The van der Waals surface area contributed by atoms with Gasteiger partial charge in [0.15, 0.2) is 0 Å². The van der Waals surface area contributed by atoms with Gasteiger partial charge in [0.2, 0.25) is 0 Å². The predicted octanol–water partition coefficient (Wildman–Crippen LogP) is 1.40. The fraction of sp³-hybridized carbons (Fsp3) is 0.600. The van der Waals surface area contributed by atoms with Crippen molar-refractivity contribution in [3.8, 4) is 0 Å². The van der Waals surface area contributed by atoms with E-state index in [9.17, 15) is 0 Å². The number of likely N-dealkylation sites (tertiary alicyclic amines) is 1. The van der Waals surface area contributed by atoms with E-state index in [-0.39, 0.29) is 0 Å². The molecule has 6 nitrogen and oxygen atoms in total. The molecule has 2 atom stereocenters. The number of rotatable bonds is 6. The van der Waals surface area contributed by atoms with E-state index in [4.69, 9.17) is 4.74 Å². The number of aromatic amines is 1. The van der Waals surface area contributed by atoms with E-state index in [0.717, 1.165) is 38.5 Å². The Hall–Kier alpha value is -1.66. The highest BCUT2D eigenvalue weighted by Crippen LogP contribution is 2.33. The lowest BCUT2D eigenvalue weighted by Crippen LogP contribution is -2.21. The van der Waals surface area contributed by atoms with Crippen LogP contribution in [0.25, 0.3) is 0 Å². The normalized spacial score (nSPS) is 23.0. The molecule has 114 valence electrons. The van der Waals surface area contributed by atoms with Crippen LogP contribution in [0.3, 0.4) is 0 Å². The number of hydrogen-bond donors (Lipinski definition) is 1. The van der Waals surface area contributed by atoms with Gasteiger partial charge in [0.05, 0.1) is 12.8 Å². The number of nitrogens with zero attached hydrogens (tertiary/aromatic N) is 4. The second kappa shape index (κ2) is 6.41. The van der Waals surface area contributed by atoms with Gasteiger partial charge in [-0.1, -0.05) is 0 Å². The van der Waals surface area contributed by atoms with Crippen molar-refractivity contribution >= 4 is 0 Å². The van der Waals surface area contributed by atoms with Crippen LogP contribution in [0.1, 0.15) is 24.1 Å². The Morgan fingerprint density at radius 3 is 3.00 bits per heavy atom.